The molecule has 3 N–H and O–H groups in total. The van der Waals surface area contributed by atoms with Gasteiger partial charge in [0.2, 0.25) is 33.6 Å². The Bertz CT molecular complexity index is 3460. The maximum Gasteiger partial charge on any atom is 0.408 e. The summed E-state index contributed by atoms with van der Waals surface area (Å²) >= 11 is 3.00. The molecule has 84 heavy (non-hydrogen) atoms. The van der Waals surface area contributed by atoms with Gasteiger partial charge in [0, 0.05) is 54.4 Å². The van der Waals surface area contributed by atoms with E-state index in [4.69, 9.17) is 37.9 Å². The second-order valence-corrected chi connectivity index (χ2v) is 28.2. The third kappa shape index (κ3) is 13.9. The second-order valence-electron chi connectivity index (χ2n) is 22.3. The number of aliphatic hydroxyl groups excluding tert-OH is 2. The fraction of sp³-hybridized carbons (Fsp3) is 0.475. The Balaban J connectivity index is 1.09. The van der Waals surface area contributed by atoms with Crippen LogP contribution in [0.2, 0.25) is 0 Å². The Morgan fingerprint density at radius 3 is 1.68 bits per heavy atom. The highest BCUT2D eigenvalue weighted by molar-refractivity contribution is 7.89. The van der Waals surface area contributed by atoms with E-state index < -0.39 is 81.1 Å². The van der Waals surface area contributed by atoms with Gasteiger partial charge in [0.05, 0.1) is 74.7 Å². The van der Waals surface area contributed by atoms with Crippen LogP contribution in [-0.4, -0.2) is 145 Å². The standard InChI is InChI=1S/C59H71N5O16S4/c1-35(2)25-62(83(69,70)45-15-17-52-54(23-45)79-33-77-52)27-51(65)49(21-39-7-11-43(12-8-39)74-28-41-31-81-37(5)60-41)64(59(67)68)50(22-40-9-13-44(14-10-40)75-29-42-32-82-38(6)61-42)57(66)56(48-30-76-58-47(48)19-20-73-58)63(26-36(3)4)84(71,72)46-16-18-53-55(24-46)80-34-78-53/h7-18,23-24,31-32,35-36,47-51,56-58,65-66H,19-22,25-30,33-34H2,1-6H3,(H,67,68)/t47-,48+,49-,50-,51+,56?,57+,58+/m0/s1. The number of thiazole rings is 2. The van der Waals surface area contributed by atoms with Crippen LogP contribution in [0.1, 0.15) is 66.6 Å². The lowest BCUT2D eigenvalue weighted by Gasteiger charge is -2.47. The molecule has 25 heteroatoms. The quantitative estimate of drug-likeness (QED) is 0.0440. The zero-order valence-electron chi connectivity index (χ0n) is 47.5. The summed E-state index contributed by atoms with van der Waals surface area (Å²) in [6.07, 6.45) is -5.95. The minimum atomic E-state index is -4.60. The van der Waals surface area contributed by atoms with Crippen LogP contribution in [0.15, 0.2) is 105 Å². The van der Waals surface area contributed by atoms with E-state index in [1.54, 1.807) is 48.5 Å². The number of ether oxygens (including phenoxy) is 8. The predicted molar refractivity (Wildman–Crippen MR) is 311 cm³/mol. The molecule has 452 valence electrons. The van der Waals surface area contributed by atoms with Crippen molar-refractivity contribution in [2.45, 2.75) is 120 Å². The second kappa shape index (κ2) is 26.2. The highest BCUT2D eigenvalue weighted by atomic mass is 32.2. The average molecular weight is 1230 g/mol. The molecule has 6 aromatic rings. The van der Waals surface area contributed by atoms with Gasteiger partial charge in [-0.05, 0) is 105 Å². The van der Waals surface area contributed by atoms with Crippen molar-refractivity contribution in [1.29, 1.82) is 0 Å². The summed E-state index contributed by atoms with van der Waals surface area (Å²) in [6, 6.07) is 17.9. The lowest BCUT2D eigenvalue weighted by Crippen LogP contribution is -2.64. The molecule has 0 aliphatic carbocycles. The molecule has 0 radical (unpaired) electrons. The summed E-state index contributed by atoms with van der Waals surface area (Å²) in [5.41, 5.74) is 2.54. The fourth-order valence-electron chi connectivity index (χ4n) is 11.3. The van der Waals surface area contributed by atoms with Crippen LogP contribution < -0.4 is 28.4 Å². The third-order valence-electron chi connectivity index (χ3n) is 15.3. The molecule has 1 amide bonds. The predicted octanol–water partition coefficient (Wildman–Crippen LogP) is 8.13. The van der Waals surface area contributed by atoms with E-state index in [1.807, 2.05) is 52.3 Å². The number of rotatable bonds is 27. The Labute approximate surface area is 497 Å². The Hall–Kier alpha value is -6.13. The summed E-state index contributed by atoms with van der Waals surface area (Å²) in [5.74, 6) is 0.349. The number of aliphatic hydroxyl groups is 2. The Morgan fingerprint density at radius 2 is 1.18 bits per heavy atom. The van der Waals surface area contributed by atoms with Gasteiger partial charge in [0.25, 0.3) is 0 Å². The van der Waals surface area contributed by atoms with Crippen molar-refractivity contribution in [3.63, 3.8) is 0 Å². The summed E-state index contributed by atoms with van der Waals surface area (Å²) in [6.45, 7) is 10.8. The van der Waals surface area contributed by atoms with Crippen LogP contribution in [0.5, 0.6) is 34.5 Å². The van der Waals surface area contributed by atoms with Gasteiger partial charge < -0.3 is 53.2 Å². The highest BCUT2D eigenvalue weighted by Gasteiger charge is 2.54. The van der Waals surface area contributed by atoms with Crippen molar-refractivity contribution in [2.24, 2.45) is 23.7 Å². The molecule has 21 nitrogen and oxygen atoms in total. The molecular weight excluding hydrogens is 1160 g/mol. The molecule has 4 aliphatic heterocycles. The SMILES string of the molecule is Cc1nc(COc2ccc(C[C@@H]([C@H](O)CN(CC(C)C)S(=O)(=O)c3ccc4c(c3)OCO4)N(C(=O)O)[C@@H](Cc3ccc(OCc4csc(C)n4)cc3)[C@@H](O)C([C@@H]3CO[C@H]4OCC[C@H]43)N(CC(C)C)S(=O)(=O)c3ccc4c(c3)OCO4)cc2)cs1. The van der Waals surface area contributed by atoms with Gasteiger partial charge in [0.1, 0.15) is 24.7 Å². The van der Waals surface area contributed by atoms with E-state index in [1.165, 1.54) is 63.4 Å². The first-order chi connectivity index (χ1) is 40.2. The van der Waals surface area contributed by atoms with Crippen molar-refractivity contribution in [3.05, 3.63) is 128 Å². The topological polar surface area (TPSA) is 255 Å². The number of amides is 1. The van der Waals surface area contributed by atoms with Crippen LogP contribution in [-0.2, 0) is 55.6 Å². The van der Waals surface area contributed by atoms with Gasteiger partial charge >= 0.3 is 6.09 Å². The highest BCUT2D eigenvalue weighted by Crippen LogP contribution is 2.44. The van der Waals surface area contributed by atoms with E-state index in [0.29, 0.717) is 47.2 Å². The zero-order valence-corrected chi connectivity index (χ0v) is 50.8. The molecule has 2 saturated heterocycles. The largest absolute Gasteiger partial charge is 0.487 e. The molecule has 0 spiro atoms. The minimum absolute atomic E-state index is 0.0446. The average Bonchev–Trinajstić information content (AvgIpc) is 2.11. The van der Waals surface area contributed by atoms with Crippen molar-refractivity contribution in [2.75, 3.05) is 46.4 Å². The normalized spacial score (nSPS) is 19.2. The zero-order chi connectivity index (χ0) is 59.5. The third-order valence-corrected chi connectivity index (χ3v) is 20.6. The molecule has 2 aromatic heterocycles. The van der Waals surface area contributed by atoms with Crippen molar-refractivity contribution < 1.29 is 74.8 Å². The number of aryl methyl sites for hydroxylation is 2. The van der Waals surface area contributed by atoms with Crippen LogP contribution in [0.4, 0.5) is 4.79 Å². The van der Waals surface area contributed by atoms with Crippen LogP contribution in [0.25, 0.3) is 0 Å². The number of carbonyl (C=O) groups is 1. The van der Waals surface area contributed by atoms with Crippen LogP contribution in [0.3, 0.4) is 0 Å². The van der Waals surface area contributed by atoms with E-state index in [9.17, 15) is 28.5 Å². The molecule has 8 atom stereocenters. The van der Waals surface area contributed by atoms with Gasteiger partial charge in [-0.2, -0.15) is 8.61 Å². The lowest BCUT2D eigenvalue weighted by atomic mass is 9.80. The maximum atomic E-state index is 15.6. The van der Waals surface area contributed by atoms with Gasteiger partial charge in [-0.1, -0.05) is 52.0 Å². The molecule has 1 unspecified atom stereocenters. The first-order valence-electron chi connectivity index (χ1n) is 27.9. The number of fused-ring (bicyclic) bond motifs is 3. The number of hydrogen-bond donors (Lipinski definition) is 3. The lowest BCUT2D eigenvalue weighted by molar-refractivity contribution is -0.0908. The molecule has 4 aliphatic rings. The number of benzene rings is 4. The number of aromatic nitrogens is 2. The molecular formula is C59H71N5O16S4. The maximum absolute atomic E-state index is 15.6. The Kier molecular flexibility index (Phi) is 19.0. The van der Waals surface area contributed by atoms with Gasteiger partial charge in [-0.3, -0.25) is 4.90 Å². The van der Waals surface area contributed by atoms with Crippen molar-refractivity contribution in [1.82, 2.24) is 23.5 Å². The summed E-state index contributed by atoms with van der Waals surface area (Å²) in [7, 11) is -9.04. The molecule has 10 rings (SSSR count). The first kappa shape index (κ1) is 61.0. The number of sulfonamides is 2. The smallest absolute Gasteiger partial charge is 0.408 e. The summed E-state index contributed by atoms with van der Waals surface area (Å²) in [5, 5.41) is 44.6. The van der Waals surface area contributed by atoms with Gasteiger partial charge in [-0.25, -0.2) is 31.6 Å². The monoisotopic (exact) mass is 1230 g/mol. The number of carboxylic acid groups (broad SMARTS) is 1. The fourth-order valence-corrected chi connectivity index (χ4v) is 16.0. The van der Waals surface area contributed by atoms with Crippen LogP contribution >= 0.6 is 22.7 Å². The Morgan fingerprint density at radius 1 is 0.667 bits per heavy atom. The summed E-state index contributed by atoms with van der Waals surface area (Å²) in [4.78, 5) is 24.5. The number of nitrogens with zero attached hydrogens (tertiary/aromatic N) is 5. The number of hydrogen-bond acceptors (Lipinski definition) is 19. The van der Waals surface area contributed by atoms with E-state index in [-0.39, 0.29) is 92.5 Å². The molecule has 0 saturated carbocycles. The molecule has 4 aromatic carbocycles. The first-order valence-corrected chi connectivity index (χ1v) is 32.5. The van der Waals surface area contributed by atoms with Crippen molar-refractivity contribution >= 4 is 48.8 Å². The van der Waals surface area contributed by atoms with Gasteiger partial charge in [0.15, 0.2) is 29.3 Å². The molecule has 6 heterocycles. The van der Waals surface area contributed by atoms with E-state index in [2.05, 4.69) is 9.97 Å². The summed E-state index contributed by atoms with van der Waals surface area (Å²) < 4.78 is 110. The van der Waals surface area contributed by atoms with E-state index in [0.717, 1.165) is 30.6 Å². The molecule has 2 fully saturated rings. The van der Waals surface area contributed by atoms with E-state index >= 15 is 8.42 Å². The van der Waals surface area contributed by atoms with Crippen LogP contribution in [0, 0.1) is 37.5 Å². The van der Waals surface area contributed by atoms with Crippen molar-refractivity contribution in [3.8, 4) is 34.5 Å². The minimum Gasteiger partial charge on any atom is -0.487 e. The molecule has 0 bridgehead atoms. The van der Waals surface area contributed by atoms with Gasteiger partial charge in [-0.15, -0.1) is 22.7 Å².